The number of aliphatic hydroxyl groups is 3. The summed E-state index contributed by atoms with van der Waals surface area (Å²) in [5.74, 6) is -18.2. The van der Waals surface area contributed by atoms with Crippen molar-refractivity contribution in [3.8, 4) is 5.75 Å². The number of benzene rings is 3. The molecule has 0 aliphatic carbocycles. The van der Waals surface area contributed by atoms with Gasteiger partial charge in [-0.2, -0.15) is 0 Å². The van der Waals surface area contributed by atoms with Crippen LogP contribution in [0.5, 0.6) is 5.75 Å². The third kappa shape index (κ3) is 31.7. The molecule has 15 N–H and O–H groups in total. The first-order valence-corrected chi connectivity index (χ1v) is 45.7. The first-order chi connectivity index (χ1) is 62.6. The maximum atomic E-state index is 15.2. The Hall–Kier alpha value is -11.9. The average Bonchev–Trinajstić information content (AvgIpc) is 1.25. The van der Waals surface area contributed by atoms with Gasteiger partial charge in [-0.15, -0.1) is 0 Å². The Balaban J connectivity index is 0.000000428. The molecule has 132 heavy (non-hydrogen) atoms. The van der Waals surface area contributed by atoms with Crippen LogP contribution in [-0.4, -0.2) is 283 Å². The van der Waals surface area contributed by atoms with E-state index in [1.165, 1.54) is 55.9 Å². The van der Waals surface area contributed by atoms with Crippen molar-refractivity contribution in [3.63, 3.8) is 0 Å². The Bertz CT molecular complexity index is 5010. The quantitative estimate of drug-likeness (QED) is 0.0199. The Morgan fingerprint density at radius 2 is 1.36 bits per heavy atom. The number of ether oxygens (including phenoxy) is 4. The second-order valence-electron chi connectivity index (χ2n) is 33.9. The normalized spacial score (nSPS) is 20.3. The summed E-state index contributed by atoms with van der Waals surface area (Å²) in [6.07, 6.45) is -5.34. The van der Waals surface area contributed by atoms with Crippen LogP contribution < -0.4 is 53.4 Å². The highest BCUT2D eigenvalue weighted by atomic mass is 32.2. The molecule has 1 saturated heterocycles. The van der Waals surface area contributed by atoms with Crippen molar-refractivity contribution in [2.45, 2.75) is 219 Å². The Morgan fingerprint density at radius 1 is 0.705 bits per heavy atom. The molecule has 1 unspecified atom stereocenters. The first-order valence-electron chi connectivity index (χ1n) is 44.4. The first kappa shape index (κ1) is 107. The number of primary amides is 2. The number of carbonyl (C=O) groups excluding carboxylic acids is 17. The number of fused-ring (bicyclic) bond motifs is 6. The standard InChI is InChI=1S/C57H78N10O17S.C34H49N5O8/c1-8-31(5)49-53(78)60-23-47(74)61-41-28-85(82)54-39(38-14-13-37(22-40(38)62-54)84-57(81)66(29(2)3)16-15-65(7)56(80)83-27-33-11-9-30(4)10-12-33)17-34(51(76)59-24-48(75)63-49)18-44(71)50(32(6)45(72)26-68)64-52(77)42-21-36(69)25-67(42)55(79)35(19-43(41)70)20-46(58)73;1-6-26-27(7-2)39-29-18-23(10-11-28(29)38-26)30(41)9-8-13-46-15-16-47-14-12-25(40)17-21(3)33(44)37-22(4)31(42)19-24(20-32(35)43)34(45)36-5/h9-14,22,29,31-32,34-36,41-42,45,49-50,62,68-69,72H,8,15-21,23-28H2,1-7H3,(H2,58,73)(H,59,76)(H,60,78)(H,61,74)(H,63,75)(H,64,77);10-11,18,21-22,24H,6-9,12-17,19-20H2,1-5H3,(H2,35,43)(H,36,45)(H,37,44)/t31-,32-,34-,35-,36+,41-,42-,45-,49-,50-,85?;21-,22+,24+/m01/s1. The number of aryl methyl sites for hydroxylation is 3. The lowest BCUT2D eigenvalue weighted by molar-refractivity contribution is -0.145. The zero-order valence-corrected chi connectivity index (χ0v) is 77.7. The predicted octanol–water partition coefficient (Wildman–Crippen LogP) is 1.78. The number of hydrogen-bond donors (Lipinski definition) is 13. The maximum Gasteiger partial charge on any atom is 0.415 e. The highest BCUT2D eigenvalue weighted by Crippen LogP contribution is 2.34. The van der Waals surface area contributed by atoms with Gasteiger partial charge < -0.3 is 103 Å². The van der Waals surface area contributed by atoms with Crippen molar-refractivity contribution in [1.82, 2.24) is 66.9 Å². The van der Waals surface area contributed by atoms with Crippen LogP contribution in [0.4, 0.5) is 9.59 Å². The maximum absolute atomic E-state index is 15.2. The molecule has 8 rings (SSSR count). The van der Waals surface area contributed by atoms with Crippen LogP contribution >= 0.6 is 0 Å². The van der Waals surface area contributed by atoms with Gasteiger partial charge in [-0.25, -0.2) is 19.6 Å². The fourth-order valence-corrected chi connectivity index (χ4v) is 16.7. The Labute approximate surface area is 767 Å². The molecule has 2 bridgehead atoms. The van der Waals surface area contributed by atoms with E-state index < -0.39 is 247 Å². The second kappa shape index (κ2) is 51.8. The molecule has 3 aromatic carbocycles. The summed E-state index contributed by atoms with van der Waals surface area (Å²) in [5.41, 5.74) is 16.9. The van der Waals surface area contributed by atoms with E-state index in [9.17, 15) is 96.8 Å². The molecule has 41 heteroatoms. The molecule has 5 heterocycles. The molecule has 1 fully saturated rings. The van der Waals surface area contributed by atoms with E-state index in [4.69, 9.17) is 35.4 Å². The summed E-state index contributed by atoms with van der Waals surface area (Å²) in [5, 5.41) is 49.5. The third-order valence-electron chi connectivity index (χ3n) is 23.4. The average molecular weight is 1860 g/mol. The molecule has 5 aromatic rings. The summed E-state index contributed by atoms with van der Waals surface area (Å²) >= 11 is 0. The van der Waals surface area contributed by atoms with Gasteiger partial charge in [0.15, 0.2) is 23.1 Å². The van der Waals surface area contributed by atoms with Crippen LogP contribution in [0, 0.1) is 42.4 Å². The molecule has 2 aromatic heterocycles. The van der Waals surface area contributed by atoms with Gasteiger partial charge in [0.2, 0.25) is 59.1 Å². The number of aliphatic hydroxyl groups excluding tert-OH is 3. The lowest BCUT2D eigenvalue weighted by Gasteiger charge is -2.32. The van der Waals surface area contributed by atoms with E-state index in [0.29, 0.717) is 38.0 Å². The smallest absolute Gasteiger partial charge is 0.415 e. The number of nitrogens with zero attached hydrogens (tertiary/aromatic N) is 5. The number of nitrogens with one attached hydrogen (secondary N) is 8. The van der Waals surface area contributed by atoms with Gasteiger partial charge in [-0.3, -0.25) is 76.1 Å². The van der Waals surface area contributed by atoms with E-state index in [1.54, 1.807) is 46.8 Å². The minimum atomic E-state index is -2.44. The molecule has 3 aliphatic rings. The molecular weight excluding hydrogens is 1740 g/mol. The van der Waals surface area contributed by atoms with Crippen molar-refractivity contribution in [3.05, 3.63) is 94.3 Å². The molecule has 12 amide bonds. The van der Waals surface area contributed by atoms with E-state index >= 15 is 4.21 Å². The molecule has 40 nitrogen and oxygen atoms in total. The van der Waals surface area contributed by atoms with E-state index in [1.807, 2.05) is 44.2 Å². The molecular formula is C91H127N15O25S. The van der Waals surface area contributed by atoms with Gasteiger partial charge in [0.05, 0.1) is 126 Å². The van der Waals surface area contributed by atoms with Crippen LogP contribution in [0.1, 0.15) is 171 Å². The molecule has 3 aliphatic heterocycles. The third-order valence-corrected chi connectivity index (χ3v) is 24.8. The second-order valence-corrected chi connectivity index (χ2v) is 35.3. The topological polar surface area (TPSA) is 592 Å². The lowest BCUT2D eigenvalue weighted by atomic mass is 9.85. The number of rotatable bonds is 37. The highest BCUT2D eigenvalue weighted by molar-refractivity contribution is 7.85. The lowest BCUT2D eigenvalue weighted by Crippen LogP contribution is -2.56. The van der Waals surface area contributed by atoms with Crippen molar-refractivity contribution >= 4 is 133 Å². The minimum Gasteiger partial charge on any atom is -0.445 e. The number of nitrogens with two attached hydrogens (primary N) is 2. The van der Waals surface area contributed by atoms with Crippen LogP contribution in [-0.2, 0) is 118 Å². The number of aromatic amines is 1. The Morgan fingerprint density at radius 3 is 2.00 bits per heavy atom. The summed E-state index contributed by atoms with van der Waals surface area (Å²) < 4.78 is 37.6. The zero-order chi connectivity index (χ0) is 97.5. The number of ketones is 5. The van der Waals surface area contributed by atoms with Gasteiger partial charge in [-0.1, -0.05) is 77.8 Å². The molecule has 14 atom stereocenters. The van der Waals surface area contributed by atoms with Gasteiger partial charge in [0.25, 0.3) is 0 Å². The van der Waals surface area contributed by atoms with Crippen molar-refractivity contribution in [2.75, 3.05) is 85.6 Å². The van der Waals surface area contributed by atoms with Crippen molar-refractivity contribution in [2.24, 2.45) is 47.0 Å². The molecule has 722 valence electrons. The van der Waals surface area contributed by atoms with Crippen LogP contribution in [0.2, 0.25) is 0 Å². The number of hydrogen-bond acceptors (Lipinski definition) is 27. The summed E-state index contributed by atoms with van der Waals surface area (Å²) in [7, 11) is 0.468. The predicted molar refractivity (Wildman–Crippen MR) is 480 cm³/mol. The van der Waals surface area contributed by atoms with E-state index in [0.717, 1.165) is 51.3 Å². The van der Waals surface area contributed by atoms with Crippen molar-refractivity contribution < 1.29 is 120 Å². The minimum absolute atomic E-state index is 0.0113. The molecule has 0 radical (unpaired) electrons. The zero-order valence-electron chi connectivity index (χ0n) is 76.9. The number of H-pyrrole nitrogens is 1. The van der Waals surface area contributed by atoms with Crippen LogP contribution in [0.15, 0.2) is 65.7 Å². The van der Waals surface area contributed by atoms with Gasteiger partial charge >= 0.3 is 12.2 Å². The highest BCUT2D eigenvalue weighted by Gasteiger charge is 2.46. The molecule has 0 spiro atoms. The number of amides is 12. The van der Waals surface area contributed by atoms with Crippen molar-refractivity contribution in [1.29, 1.82) is 0 Å². The van der Waals surface area contributed by atoms with Gasteiger partial charge in [-0.05, 0) is 101 Å². The van der Waals surface area contributed by atoms with Crippen LogP contribution in [0.25, 0.3) is 21.9 Å². The van der Waals surface area contributed by atoms with E-state index in [-0.39, 0.29) is 97.4 Å². The number of Topliss-reactive ketones (excluding diaryl/α,β-unsaturated/α-hetero) is 5. The largest absolute Gasteiger partial charge is 0.445 e. The van der Waals surface area contributed by atoms with Crippen LogP contribution in [0.3, 0.4) is 0 Å². The number of likely N-dealkylation sites (N-methyl/N-ethyl adjacent to an activating group) is 1. The number of carbonyl (C=O) groups is 17. The molecule has 0 saturated carbocycles. The van der Waals surface area contributed by atoms with Gasteiger partial charge in [0, 0.05) is 139 Å². The summed E-state index contributed by atoms with van der Waals surface area (Å²) in [4.78, 5) is 243. The number of aromatic nitrogens is 3. The van der Waals surface area contributed by atoms with Gasteiger partial charge in [0.1, 0.15) is 35.2 Å². The summed E-state index contributed by atoms with van der Waals surface area (Å²) in [6.45, 7) is 15.6. The SMILES string of the molecule is CC[C@H](C)[C@@H]1NC(=O)CNC(=O)[C@@H]2CC(=O)[C@H]([C@@H](C)[C@@H](O)CO)NC(=O)[C@@H]3C[C@@H](O)CN3C(=O)[C@H](CC(N)=O)CC(=O)[C@H](CS(=O)c3[nH]c4cc(OC(=O)N(CCN(C)C(=O)OCc5ccc(C)cc5)C(C)C)ccc4c3C2)NC(=O)CNC1=O.CCc1nc2ccc(C(=O)CCCOCCOCCC(=O)C[C@@H](C)C(=O)N[C@@H](C)C(=O)C[C@@H](CC(N)=O)C(=O)NC)cc2nc1CC. The summed E-state index contributed by atoms with van der Waals surface area (Å²) in [6, 6.07) is 9.51. The monoisotopic (exact) mass is 1860 g/mol. The Kier molecular flexibility index (Phi) is 42.0. The fourth-order valence-electron chi connectivity index (χ4n) is 15.3. The fraction of sp³-hybridized carbons (Fsp3) is 0.571. The van der Waals surface area contributed by atoms with E-state index in [2.05, 4.69) is 54.1 Å².